The van der Waals surface area contributed by atoms with Crippen LogP contribution in [-0.4, -0.2) is 56.0 Å². The van der Waals surface area contributed by atoms with E-state index in [4.69, 9.17) is 10.8 Å². The molecule has 0 aromatic heterocycles. The zero-order valence-electron chi connectivity index (χ0n) is 18.7. The first-order chi connectivity index (χ1) is 16.2. The Hall–Kier alpha value is -3.58. The van der Waals surface area contributed by atoms with Crippen LogP contribution < -0.4 is 15.4 Å². The summed E-state index contributed by atoms with van der Waals surface area (Å²) in [7, 11) is -3.84. The molecule has 9 heteroatoms. The van der Waals surface area contributed by atoms with Gasteiger partial charge in [-0.05, 0) is 66.2 Å². The van der Waals surface area contributed by atoms with Gasteiger partial charge in [0.15, 0.2) is 0 Å². The van der Waals surface area contributed by atoms with Gasteiger partial charge in [0.25, 0.3) is 10.2 Å². The van der Waals surface area contributed by atoms with Crippen LogP contribution in [0.15, 0.2) is 60.7 Å². The van der Waals surface area contributed by atoms with Crippen LogP contribution in [0.3, 0.4) is 0 Å². The standard InChI is InChI=1S/C25H26N4O4S/c1-18(25(30)31)27-34(32,33)29-14-12-28(13-15-29)24-10-5-19(6-11-24)2-3-20-4-7-22-17-23(26)9-8-21(22)16-20/h4-11,16-18,27H,12-15,26H2,1H3,(H,30,31)/t18-/m1/s1. The van der Waals surface area contributed by atoms with Crippen molar-refractivity contribution in [2.75, 3.05) is 36.8 Å². The quantitative estimate of drug-likeness (QED) is 0.383. The molecular formula is C25H26N4O4S. The fraction of sp³-hybridized carbons (Fsp3) is 0.240. The Morgan fingerprint density at radius 3 is 2.21 bits per heavy atom. The molecule has 8 nitrogen and oxygen atoms in total. The van der Waals surface area contributed by atoms with Gasteiger partial charge in [0, 0.05) is 48.7 Å². The smallest absolute Gasteiger partial charge is 0.321 e. The van der Waals surface area contributed by atoms with Gasteiger partial charge >= 0.3 is 5.97 Å². The number of piperazine rings is 1. The zero-order valence-corrected chi connectivity index (χ0v) is 19.5. The topological polar surface area (TPSA) is 116 Å². The first-order valence-electron chi connectivity index (χ1n) is 10.9. The molecule has 0 radical (unpaired) electrons. The van der Waals surface area contributed by atoms with Crippen molar-refractivity contribution in [3.05, 3.63) is 71.8 Å². The van der Waals surface area contributed by atoms with E-state index in [1.165, 1.54) is 11.2 Å². The molecule has 0 aliphatic carbocycles. The summed E-state index contributed by atoms with van der Waals surface area (Å²) in [4.78, 5) is 13.0. The Morgan fingerprint density at radius 2 is 1.53 bits per heavy atom. The summed E-state index contributed by atoms with van der Waals surface area (Å²) in [5.41, 5.74) is 9.36. The normalized spacial score (nSPS) is 15.5. The first-order valence-corrected chi connectivity index (χ1v) is 12.3. The van der Waals surface area contributed by atoms with Crippen LogP contribution in [-0.2, 0) is 15.0 Å². The number of aliphatic carboxylic acids is 1. The number of nitrogens with two attached hydrogens (primary N) is 1. The molecule has 34 heavy (non-hydrogen) atoms. The number of carbonyl (C=O) groups is 1. The van der Waals surface area contributed by atoms with Gasteiger partial charge in [-0.1, -0.05) is 24.0 Å². The molecule has 176 valence electrons. The number of nitrogens with one attached hydrogen (secondary N) is 1. The van der Waals surface area contributed by atoms with Crippen LogP contribution in [0.1, 0.15) is 18.1 Å². The van der Waals surface area contributed by atoms with Crippen molar-refractivity contribution in [3.8, 4) is 11.8 Å². The minimum atomic E-state index is -3.84. The van der Waals surface area contributed by atoms with Crippen LogP contribution in [0.25, 0.3) is 10.8 Å². The first kappa shape index (κ1) is 23.6. The van der Waals surface area contributed by atoms with E-state index in [1.807, 2.05) is 60.7 Å². The number of nitrogen functional groups attached to an aromatic ring is 1. The lowest BCUT2D eigenvalue weighted by Crippen LogP contribution is -2.54. The molecule has 1 atom stereocenters. The van der Waals surface area contributed by atoms with E-state index in [-0.39, 0.29) is 13.1 Å². The molecule has 1 aliphatic rings. The van der Waals surface area contributed by atoms with E-state index in [1.54, 1.807) is 0 Å². The minimum absolute atomic E-state index is 0.275. The van der Waals surface area contributed by atoms with Gasteiger partial charge in [-0.2, -0.15) is 17.4 Å². The lowest BCUT2D eigenvalue weighted by molar-refractivity contribution is -0.138. The number of rotatable bonds is 5. The summed E-state index contributed by atoms with van der Waals surface area (Å²) in [5.74, 6) is 5.17. The third-order valence-corrected chi connectivity index (χ3v) is 7.42. The molecule has 0 unspecified atom stereocenters. The summed E-state index contributed by atoms with van der Waals surface area (Å²) in [6.07, 6.45) is 0. The highest BCUT2D eigenvalue weighted by Gasteiger charge is 2.29. The molecule has 0 amide bonds. The second-order valence-electron chi connectivity index (χ2n) is 8.19. The Morgan fingerprint density at radius 1 is 0.941 bits per heavy atom. The Bertz CT molecular complexity index is 1370. The average molecular weight is 479 g/mol. The number of anilines is 2. The maximum Gasteiger partial charge on any atom is 0.321 e. The van der Waals surface area contributed by atoms with Crippen LogP contribution in [0.2, 0.25) is 0 Å². The van der Waals surface area contributed by atoms with Crippen LogP contribution >= 0.6 is 0 Å². The van der Waals surface area contributed by atoms with Crippen molar-refractivity contribution >= 4 is 38.3 Å². The van der Waals surface area contributed by atoms with Crippen LogP contribution in [0.5, 0.6) is 0 Å². The molecule has 1 heterocycles. The molecule has 1 saturated heterocycles. The minimum Gasteiger partial charge on any atom is -0.480 e. The molecule has 0 bridgehead atoms. The largest absolute Gasteiger partial charge is 0.480 e. The van der Waals surface area contributed by atoms with Crippen molar-refractivity contribution in [1.29, 1.82) is 0 Å². The number of fused-ring (bicyclic) bond motifs is 1. The summed E-state index contributed by atoms with van der Waals surface area (Å²) in [6.45, 7) is 2.87. The van der Waals surface area contributed by atoms with Gasteiger partial charge in [-0.25, -0.2) is 0 Å². The Labute approximate surface area is 199 Å². The van der Waals surface area contributed by atoms with Crippen molar-refractivity contribution in [2.45, 2.75) is 13.0 Å². The average Bonchev–Trinajstić information content (AvgIpc) is 2.83. The molecule has 0 saturated carbocycles. The van der Waals surface area contributed by atoms with Gasteiger partial charge in [-0.3, -0.25) is 4.79 Å². The predicted molar refractivity (Wildman–Crippen MR) is 134 cm³/mol. The van der Waals surface area contributed by atoms with E-state index >= 15 is 0 Å². The number of carboxylic acid groups (broad SMARTS) is 1. The summed E-state index contributed by atoms with van der Waals surface area (Å²) in [6, 6.07) is 18.5. The molecule has 4 N–H and O–H groups in total. The van der Waals surface area contributed by atoms with E-state index in [0.29, 0.717) is 13.1 Å². The van der Waals surface area contributed by atoms with Gasteiger partial charge in [0.1, 0.15) is 6.04 Å². The SMILES string of the molecule is C[C@@H](NS(=O)(=O)N1CCN(c2ccc(C#Cc3ccc4cc(N)ccc4c3)cc2)CC1)C(=O)O. The highest BCUT2D eigenvalue weighted by Crippen LogP contribution is 2.20. The van der Waals surface area contributed by atoms with E-state index in [9.17, 15) is 13.2 Å². The molecule has 1 fully saturated rings. The van der Waals surface area contributed by atoms with E-state index in [2.05, 4.69) is 21.5 Å². The summed E-state index contributed by atoms with van der Waals surface area (Å²) >= 11 is 0. The lowest BCUT2D eigenvalue weighted by Gasteiger charge is -2.35. The zero-order chi connectivity index (χ0) is 24.3. The Kier molecular flexibility index (Phi) is 6.75. The predicted octanol–water partition coefficient (Wildman–Crippen LogP) is 2.25. The van der Waals surface area contributed by atoms with Crippen LogP contribution in [0, 0.1) is 11.8 Å². The van der Waals surface area contributed by atoms with Crippen LogP contribution in [0.4, 0.5) is 11.4 Å². The van der Waals surface area contributed by atoms with Crippen molar-refractivity contribution in [1.82, 2.24) is 9.03 Å². The molecule has 0 spiro atoms. The van der Waals surface area contributed by atoms with Gasteiger partial charge in [0.2, 0.25) is 0 Å². The molecule has 1 aliphatic heterocycles. The second-order valence-corrected chi connectivity index (χ2v) is 9.89. The monoisotopic (exact) mass is 478 g/mol. The molecular weight excluding hydrogens is 452 g/mol. The van der Waals surface area contributed by atoms with Crippen molar-refractivity contribution in [3.63, 3.8) is 0 Å². The van der Waals surface area contributed by atoms with Gasteiger partial charge < -0.3 is 15.7 Å². The van der Waals surface area contributed by atoms with Gasteiger partial charge in [-0.15, -0.1) is 0 Å². The molecule has 3 aromatic carbocycles. The number of hydrogen-bond acceptors (Lipinski definition) is 5. The summed E-state index contributed by atoms with van der Waals surface area (Å²) < 4.78 is 28.2. The fourth-order valence-corrected chi connectivity index (χ4v) is 5.12. The highest BCUT2D eigenvalue weighted by molar-refractivity contribution is 7.87. The number of benzene rings is 3. The number of hydrogen-bond donors (Lipinski definition) is 3. The van der Waals surface area contributed by atoms with E-state index < -0.39 is 22.2 Å². The third-order valence-electron chi connectivity index (χ3n) is 5.72. The second kappa shape index (κ2) is 9.73. The highest BCUT2D eigenvalue weighted by atomic mass is 32.2. The maximum atomic E-state index is 12.4. The Balaban J connectivity index is 1.38. The van der Waals surface area contributed by atoms with E-state index in [0.717, 1.165) is 33.3 Å². The third kappa shape index (κ3) is 5.48. The van der Waals surface area contributed by atoms with Crippen molar-refractivity contribution in [2.24, 2.45) is 0 Å². The molecule has 3 aromatic rings. The summed E-state index contributed by atoms with van der Waals surface area (Å²) in [5, 5.41) is 11.1. The maximum absolute atomic E-state index is 12.4. The number of nitrogens with zero attached hydrogens (tertiary/aromatic N) is 2. The fourth-order valence-electron chi connectivity index (χ4n) is 3.78. The van der Waals surface area contributed by atoms with Gasteiger partial charge in [0.05, 0.1) is 0 Å². The lowest BCUT2D eigenvalue weighted by atomic mass is 10.1. The molecule has 4 rings (SSSR count). The number of carboxylic acids is 1. The van der Waals surface area contributed by atoms with Crippen molar-refractivity contribution < 1.29 is 18.3 Å².